The second kappa shape index (κ2) is 4.63. The second-order valence-electron chi connectivity index (χ2n) is 5.12. The molecule has 1 aliphatic carbocycles. The van der Waals surface area contributed by atoms with Crippen molar-refractivity contribution in [3.8, 4) is 0 Å². The van der Waals surface area contributed by atoms with Crippen LogP contribution in [-0.4, -0.2) is 40.6 Å². The van der Waals surface area contributed by atoms with E-state index in [4.69, 9.17) is 5.11 Å². The number of halogens is 1. The predicted octanol–water partition coefficient (Wildman–Crippen LogP) is 1.59. The van der Waals surface area contributed by atoms with E-state index in [1.807, 2.05) is 0 Å². The molecule has 0 radical (unpaired) electrons. The number of hydrogen-bond donors (Lipinski definition) is 1. The number of carboxylic acid groups (broad SMARTS) is 1. The smallest absolute Gasteiger partial charge is 0.343 e. The minimum atomic E-state index is -2.23. The van der Waals surface area contributed by atoms with Gasteiger partial charge in [0.1, 0.15) is 0 Å². The summed E-state index contributed by atoms with van der Waals surface area (Å²) in [6.07, 6.45) is 4.89. The summed E-state index contributed by atoms with van der Waals surface area (Å²) in [5.74, 6) is -1.51. The van der Waals surface area contributed by atoms with Gasteiger partial charge >= 0.3 is 5.97 Å². The van der Waals surface area contributed by atoms with Gasteiger partial charge in [0.15, 0.2) is 0 Å². The van der Waals surface area contributed by atoms with E-state index in [2.05, 4.69) is 0 Å². The fraction of sp³-hybridized carbons (Fsp3) is 0.833. The highest BCUT2D eigenvalue weighted by molar-refractivity contribution is 5.83. The topological polar surface area (TPSA) is 57.6 Å². The molecule has 1 amide bonds. The van der Waals surface area contributed by atoms with E-state index < -0.39 is 11.6 Å². The minimum Gasteiger partial charge on any atom is -0.479 e. The predicted molar refractivity (Wildman–Crippen MR) is 59.2 cm³/mol. The molecule has 4 nitrogen and oxygen atoms in total. The fourth-order valence-electron chi connectivity index (χ4n) is 2.74. The number of likely N-dealkylation sites (tertiary alicyclic amines) is 1. The monoisotopic (exact) mass is 243 g/mol. The molecule has 2 fully saturated rings. The zero-order valence-electron chi connectivity index (χ0n) is 9.82. The van der Waals surface area contributed by atoms with Gasteiger partial charge in [-0.25, -0.2) is 9.18 Å². The van der Waals surface area contributed by atoms with Crippen molar-refractivity contribution in [2.45, 2.75) is 44.2 Å². The third-order valence-electron chi connectivity index (χ3n) is 3.87. The second-order valence-corrected chi connectivity index (χ2v) is 5.12. The maximum atomic E-state index is 13.8. The maximum Gasteiger partial charge on any atom is 0.343 e. The van der Waals surface area contributed by atoms with Gasteiger partial charge in [-0.05, 0) is 12.8 Å². The first kappa shape index (κ1) is 12.3. The maximum absolute atomic E-state index is 13.8. The van der Waals surface area contributed by atoms with Gasteiger partial charge in [-0.15, -0.1) is 0 Å². The molecule has 96 valence electrons. The number of alkyl halides is 1. The fourth-order valence-corrected chi connectivity index (χ4v) is 2.74. The molecule has 1 aliphatic heterocycles. The first-order valence-corrected chi connectivity index (χ1v) is 6.24. The highest BCUT2D eigenvalue weighted by Crippen LogP contribution is 2.31. The molecule has 2 rings (SSSR count). The number of amides is 1. The summed E-state index contributed by atoms with van der Waals surface area (Å²) in [5, 5.41) is 8.77. The van der Waals surface area contributed by atoms with E-state index in [9.17, 15) is 14.0 Å². The van der Waals surface area contributed by atoms with Crippen LogP contribution in [0.2, 0.25) is 0 Å². The van der Waals surface area contributed by atoms with Crippen molar-refractivity contribution >= 4 is 11.9 Å². The molecule has 0 spiro atoms. The van der Waals surface area contributed by atoms with E-state index in [1.165, 1.54) is 4.90 Å². The molecule has 0 aromatic carbocycles. The SMILES string of the molecule is O=C(C1CCCCC1)N1CCC(F)(C(=O)O)C1. The summed E-state index contributed by atoms with van der Waals surface area (Å²) >= 11 is 0. The van der Waals surface area contributed by atoms with Crippen LogP contribution in [0.5, 0.6) is 0 Å². The van der Waals surface area contributed by atoms with Gasteiger partial charge in [0, 0.05) is 18.9 Å². The standard InChI is InChI=1S/C12H18FNO3/c13-12(11(16)17)6-7-14(8-12)10(15)9-4-2-1-3-5-9/h9H,1-8H2,(H,16,17). The minimum absolute atomic E-state index is 0.0140. The third-order valence-corrected chi connectivity index (χ3v) is 3.87. The van der Waals surface area contributed by atoms with E-state index in [0.29, 0.717) is 0 Å². The summed E-state index contributed by atoms with van der Waals surface area (Å²) in [5.41, 5.74) is -2.23. The van der Waals surface area contributed by atoms with Crippen LogP contribution in [-0.2, 0) is 9.59 Å². The lowest BCUT2D eigenvalue weighted by atomic mass is 9.88. The lowest BCUT2D eigenvalue weighted by Gasteiger charge is -2.26. The van der Waals surface area contributed by atoms with Crippen LogP contribution in [0.1, 0.15) is 38.5 Å². The number of carbonyl (C=O) groups is 2. The van der Waals surface area contributed by atoms with Crippen molar-refractivity contribution in [1.29, 1.82) is 0 Å². The molecule has 17 heavy (non-hydrogen) atoms. The molecule has 1 atom stereocenters. The Morgan fingerprint density at radius 2 is 1.88 bits per heavy atom. The van der Waals surface area contributed by atoms with Gasteiger partial charge in [0.25, 0.3) is 0 Å². The van der Waals surface area contributed by atoms with Crippen molar-refractivity contribution in [3.05, 3.63) is 0 Å². The van der Waals surface area contributed by atoms with Crippen molar-refractivity contribution in [2.24, 2.45) is 5.92 Å². The Morgan fingerprint density at radius 1 is 1.24 bits per heavy atom. The van der Waals surface area contributed by atoms with Crippen molar-refractivity contribution in [3.63, 3.8) is 0 Å². The van der Waals surface area contributed by atoms with Gasteiger partial charge in [-0.2, -0.15) is 0 Å². The molecule has 1 unspecified atom stereocenters. The van der Waals surface area contributed by atoms with Crippen LogP contribution in [0.15, 0.2) is 0 Å². The largest absolute Gasteiger partial charge is 0.479 e. The Labute approximate surface area is 99.8 Å². The molecule has 2 aliphatic rings. The first-order valence-electron chi connectivity index (χ1n) is 6.24. The van der Waals surface area contributed by atoms with Crippen LogP contribution in [0.3, 0.4) is 0 Å². The number of hydrogen-bond acceptors (Lipinski definition) is 2. The van der Waals surface area contributed by atoms with Crippen LogP contribution < -0.4 is 0 Å². The number of aliphatic carboxylic acids is 1. The van der Waals surface area contributed by atoms with Crippen LogP contribution >= 0.6 is 0 Å². The number of carbonyl (C=O) groups excluding carboxylic acids is 1. The van der Waals surface area contributed by atoms with E-state index in [0.717, 1.165) is 32.1 Å². The summed E-state index contributed by atoms with van der Waals surface area (Å²) in [6.45, 7) is -0.0458. The molecular formula is C12H18FNO3. The lowest BCUT2D eigenvalue weighted by molar-refractivity contribution is -0.150. The van der Waals surface area contributed by atoms with Gasteiger partial charge in [0.05, 0.1) is 6.54 Å². The first-order chi connectivity index (χ1) is 8.03. The molecule has 0 aromatic rings. The molecule has 0 aromatic heterocycles. The van der Waals surface area contributed by atoms with Gasteiger partial charge in [0.2, 0.25) is 11.6 Å². The van der Waals surface area contributed by atoms with Gasteiger partial charge < -0.3 is 10.0 Å². The van der Waals surface area contributed by atoms with Crippen molar-refractivity contribution in [2.75, 3.05) is 13.1 Å². The van der Waals surface area contributed by atoms with Crippen molar-refractivity contribution in [1.82, 2.24) is 4.90 Å². The Morgan fingerprint density at radius 3 is 2.41 bits per heavy atom. The Bertz CT molecular complexity index is 328. The highest BCUT2D eigenvalue weighted by atomic mass is 19.1. The lowest BCUT2D eigenvalue weighted by Crippen LogP contribution is -2.41. The Hall–Kier alpha value is -1.13. The molecule has 1 N–H and O–H groups in total. The average Bonchev–Trinajstić information content (AvgIpc) is 2.74. The Kier molecular flexibility index (Phi) is 3.35. The number of carboxylic acids is 1. The zero-order valence-corrected chi connectivity index (χ0v) is 9.82. The number of nitrogens with zero attached hydrogens (tertiary/aromatic N) is 1. The van der Waals surface area contributed by atoms with E-state index in [1.54, 1.807) is 0 Å². The molecule has 1 saturated carbocycles. The van der Waals surface area contributed by atoms with E-state index >= 15 is 0 Å². The van der Waals surface area contributed by atoms with Crippen LogP contribution in [0.25, 0.3) is 0 Å². The summed E-state index contributed by atoms with van der Waals surface area (Å²) < 4.78 is 13.8. The highest BCUT2D eigenvalue weighted by Gasteiger charge is 2.47. The average molecular weight is 243 g/mol. The molecule has 1 saturated heterocycles. The summed E-state index contributed by atoms with van der Waals surface area (Å²) in [4.78, 5) is 24.2. The van der Waals surface area contributed by atoms with Crippen LogP contribution in [0, 0.1) is 5.92 Å². The van der Waals surface area contributed by atoms with Gasteiger partial charge in [-0.3, -0.25) is 4.79 Å². The molecular weight excluding hydrogens is 225 g/mol. The quantitative estimate of drug-likeness (QED) is 0.801. The van der Waals surface area contributed by atoms with Crippen LogP contribution in [0.4, 0.5) is 4.39 Å². The summed E-state index contributed by atoms with van der Waals surface area (Å²) in [6, 6.07) is 0. The van der Waals surface area contributed by atoms with Gasteiger partial charge in [-0.1, -0.05) is 19.3 Å². The molecule has 0 bridgehead atoms. The third kappa shape index (κ3) is 2.42. The number of rotatable bonds is 2. The van der Waals surface area contributed by atoms with E-state index in [-0.39, 0.29) is 31.3 Å². The van der Waals surface area contributed by atoms with Crippen molar-refractivity contribution < 1.29 is 19.1 Å². The molecule has 5 heteroatoms. The molecule has 1 heterocycles. The normalized spacial score (nSPS) is 30.5. The Balaban J connectivity index is 1.95. The summed E-state index contributed by atoms with van der Waals surface area (Å²) in [7, 11) is 0. The zero-order chi connectivity index (χ0) is 12.5.